The van der Waals surface area contributed by atoms with Crippen LogP contribution in [0.4, 0.5) is 0 Å². The maximum atomic E-state index is 6.44. The quantitative estimate of drug-likeness (QED) is 0.561. The summed E-state index contributed by atoms with van der Waals surface area (Å²) in [4.78, 5) is 0. The van der Waals surface area contributed by atoms with Gasteiger partial charge in [-0.1, -0.05) is 34.1 Å². The van der Waals surface area contributed by atoms with E-state index in [1.54, 1.807) is 0 Å². The van der Waals surface area contributed by atoms with E-state index in [1.165, 1.54) is 5.56 Å². The van der Waals surface area contributed by atoms with Gasteiger partial charge in [0, 0.05) is 4.47 Å². The molecule has 2 nitrogen and oxygen atoms in total. The van der Waals surface area contributed by atoms with E-state index in [1.807, 2.05) is 0 Å². The highest BCUT2D eigenvalue weighted by atomic mass is 79.9. The molecule has 0 aromatic heterocycles. The van der Waals surface area contributed by atoms with Crippen LogP contribution in [0, 0.1) is 0 Å². The number of hydrogen-bond donors (Lipinski definition) is 0. The van der Waals surface area contributed by atoms with Crippen LogP contribution in [0.5, 0.6) is 0 Å². The van der Waals surface area contributed by atoms with Crippen molar-refractivity contribution < 1.29 is 8.23 Å². The fraction of sp³-hybridized carbons (Fsp3) is 0.467. The first-order valence-corrected chi connectivity index (χ1v) is 17.2. The summed E-state index contributed by atoms with van der Waals surface area (Å²) in [6.45, 7) is 15.5. The molecule has 0 aliphatic rings. The minimum atomic E-state index is -2.29. The SMILES string of the molecule is C[Si](C)(C)O[Si](C)(/C=C/c1ccc(Br)cc1)O[Si](C)(C)C. The van der Waals surface area contributed by atoms with Gasteiger partial charge in [-0.15, -0.1) is 0 Å². The van der Waals surface area contributed by atoms with Crippen LogP contribution >= 0.6 is 15.9 Å². The van der Waals surface area contributed by atoms with Crippen LogP contribution in [0.15, 0.2) is 34.4 Å². The molecular formula is C15H27BrO2Si3. The Morgan fingerprint density at radius 1 is 0.810 bits per heavy atom. The smallest absolute Gasteiger partial charge is 0.341 e. The van der Waals surface area contributed by atoms with Gasteiger partial charge in [0.2, 0.25) is 0 Å². The van der Waals surface area contributed by atoms with Gasteiger partial charge in [-0.3, -0.25) is 0 Å². The predicted octanol–water partition coefficient (Wildman–Crippen LogP) is 5.78. The van der Waals surface area contributed by atoms with Crippen molar-refractivity contribution in [2.24, 2.45) is 0 Å². The van der Waals surface area contributed by atoms with Gasteiger partial charge in [-0.05, 0) is 69.2 Å². The largest absolute Gasteiger partial charge is 0.434 e. The van der Waals surface area contributed by atoms with E-state index in [4.69, 9.17) is 8.23 Å². The fourth-order valence-corrected chi connectivity index (χ4v) is 13.7. The van der Waals surface area contributed by atoms with Crippen LogP contribution in [0.1, 0.15) is 5.56 Å². The molecule has 0 N–H and O–H groups in total. The molecule has 0 aliphatic carbocycles. The van der Waals surface area contributed by atoms with Crippen LogP contribution in [0.25, 0.3) is 6.08 Å². The highest BCUT2D eigenvalue weighted by Crippen LogP contribution is 2.23. The molecule has 0 atom stereocenters. The molecule has 1 aromatic carbocycles. The van der Waals surface area contributed by atoms with Crippen LogP contribution < -0.4 is 0 Å². The molecule has 118 valence electrons. The zero-order valence-electron chi connectivity index (χ0n) is 14.2. The second-order valence-electron chi connectivity index (χ2n) is 7.33. The molecule has 0 spiro atoms. The second-order valence-corrected chi connectivity index (χ2v) is 20.7. The van der Waals surface area contributed by atoms with Gasteiger partial charge >= 0.3 is 8.56 Å². The molecule has 21 heavy (non-hydrogen) atoms. The first-order chi connectivity index (χ1) is 9.39. The van der Waals surface area contributed by atoms with Gasteiger partial charge in [0.15, 0.2) is 16.6 Å². The van der Waals surface area contributed by atoms with Gasteiger partial charge in [0.25, 0.3) is 0 Å². The lowest BCUT2D eigenvalue weighted by atomic mass is 10.2. The Morgan fingerprint density at radius 3 is 1.62 bits per heavy atom. The summed E-state index contributed by atoms with van der Waals surface area (Å²) in [6, 6.07) is 8.30. The highest BCUT2D eigenvalue weighted by Gasteiger charge is 2.38. The van der Waals surface area contributed by atoms with Gasteiger partial charge in [-0.2, -0.15) is 0 Å². The molecule has 1 aromatic rings. The lowest BCUT2D eigenvalue weighted by molar-refractivity contribution is 0.403. The Morgan fingerprint density at radius 2 is 1.24 bits per heavy atom. The molecule has 0 bridgehead atoms. The molecule has 0 saturated carbocycles. The van der Waals surface area contributed by atoms with Crippen molar-refractivity contribution in [2.75, 3.05) is 0 Å². The molecular weight excluding hydrogens is 376 g/mol. The van der Waals surface area contributed by atoms with Gasteiger partial charge in [-0.25, -0.2) is 0 Å². The minimum absolute atomic E-state index is 1.09. The van der Waals surface area contributed by atoms with E-state index >= 15 is 0 Å². The number of halogens is 1. The van der Waals surface area contributed by atoms with Crippen molar-refractivity contribution in [3.8, 4) is 0 Å². The van der Waals surface area contributed by atoms with E-state index in [0.29, 0.717) is 0 Å². The third-order valence-corrected chi connectivity index (χ3v) is 11.9. The Kier molecular flexibility index (Phi) is 6.41. The maximum absolute atomic E-state index is 6.44. The van der Waals surface area contributed by atoms with E-state index in [-0.39, 0.29) is 0 Å². The third-order valence-electron chi connectivity index (χ3n) is 2.47. The highest BCUT2D eigenvalue weighted by molar-refractivity contribution is 9.10. The zero-order chi connectivity index (χ0) is 16.3. The van der Waals surface area contributed by atoms with Crippen LogP contribution in [-0.4, -0.2) is 25.2 Å². The van der Waals surface area contributed by atoms with Crippen LogP contribution in [-0.2, 0) is 8.23 Å². The summed E-state index contributed by atoms with van der Waals surface area (Å²) in [5.41, 5.74) is 3.36. The first-order valence-electron chi connectivity index (χ1n) is 7.24. The zero-order valence-corrected chi connectivity index (χ0v) is 18.7. The van der Waals surface area contributed by atoms with Gasteiger partial charge in [0.1, 0.15) is 0 Å². The lowest BCUT2D eigenvalue weighted by Crippen LogP contribution is -2.51. The summed E-state index contributed by atoms with van der Waals surface area (Å²) in [5, 5.41) is 0. The van der Waals surface area contributed by atoms with Crippen molar-refractivity contribution in [1.29, 1.82) is 0 Å². The Hall–Kier alpha value is 0.0106. The monoisotopic (exact) mass is 402 g/mol. The van der Waals surface area contributed by atoms with Gasteiger partial charge < -0.3 is 8.23 Å². The van der Waals surface area contributed by atoms with E-state index in [9.17, 15) is 0 Å². The summed E-state index contributed by atoms with van der Waals surface area (Å²) < 4.78 is 14.0. The average molecular weight is 404 g/mol. The van der Waals surface area contributed by atoms with Gasteiger partial charge in [0.05, 0.1) is 0 Å². The van der Waals surface area contributed by atoms with Crippen LogP contribution in [0.3, 0.4) is 0 Å². The summed E-state index contributed by atoms with van der Waals surface area (Å²) in [6.07, 6.45) is 2.14. The minimum Gasteiger partial charge on any atom is -0.434 e. The molecule has 0 saturated heterocycles. The lowest BCUT2D eigenvalue weighted by Gasteiger charge is -2.36. The average Bonchev–Trinajstić information content (AvgIpc) is 2.23. The number of benzene rings is 1. The Labute approximate surface area is 141 Å². The van der Waals surface area contributed by atoms with Crippen molar-refractivity contribution in [2.45, 2.75) is 45.8 Å². The summed E-state index contributed by atoms with van der Waals surface area (Å²) >= 11 is 3.46. The van der Waals surface area contributed by atoms with Crippen molar-refractivity contribution in [3.05, 3.63) is 40.0 Å². The van der Waals surface area contributed by atoms with E-state index in [0.717, 1.165) is 4.47 Å². The summed E-state index contributed by atoms with van der Waals surface area (Å²) in [7, 11) is -5.56. The molecule has 0 unspecified atom stereocenters. The molecule has 1 rings (SSSR count). The topological polar surface area (TPSA) is 18.5 Å². The van der Waals surface area contributed by atoms with Crippen LogP contribution in [0.2, 0.25) is 45.8 Å². The Bertz CT molecular complexity index is 471. The summed E-state index contributed by atoms with van der Waals surface area (Å²) in [5.74, 6) is 0. The molecule has 0 heterocycles. The maximum Gasteiger partial charge on any atom is 0.341 e. The molecule has 0 amide bonds. The van der Waals surface area contributed by atoms with E-state index < -0.39 is 25.2 Å². The number of rotatable bonds is 6. The van der Waals surface area contributed by atoms with E-state index in [2.05, 4.69) is 97.8 Å². The van der Waals surface area contributed by atoms with Crippen molar-refractivity contribution in [3.63, 3.8) is 0 Å². The molecule has 0 fully saturated rings. The number of hydrogen-bond acceptors (Lipinski definition) is 2. The Balaban J connectivity index is 2.98. The standard InChI is InChI=1S/C15H27BrO2Si3/c1-19(2,3)17-21(7,18-20(4,5)6)13-12-14-8-10-15(16)11-9-14/h8-13H,1-7H3/b13-12+. The molecule has 0 radical (unpaired) electrons. The van der Waals surface area contributed by atoms with Crippen molar-refractivity contribution >= 4 is 47.2 Å². The van der Waals surface area contributed by atoms with Crippen molar-refractivity contribution in [1.82, 2.24) is 0 Å². The molecule has 0 aliphatic heterocycles. The fourth-order valence-electron chi connectivity index (χ4n) is 2.13. The normalized spacial score (nSPS) is 13.9. The first kappa shape index (κ1) is 19.1. The second kappa shape index (κ2) is 7.06. The predicted molar refractivity (Wildman–Crippen MR) is 104 cm³/mol. The third kappa shape index (κ3) is 8.27. The molecule has 6 heteroatoms.